The van der Waals surface area contributed by atoms with Gasteiger partial charge in [-0.3, -0.25) is 0 Å². The minimum absolute atomic E-state index is 0.0455. The van der Waals surface area contributed by atoms with E-state index in [9.17, 15) is 26.7 Å². The van der Waals surface area contributed by atoms with Crippen LogP contribution in [0.2, 0.25) is 5.02 Å². The molecule has 0 aliphatic heterocycles. The van der Waals surface area contributed by atoms with Crippen LogP contribution >= 0.6 is 11.6 Å². The molecule has 0 amide bonds. The monoisotopic (exact) mass is 374 g/mol. The lowest BCUT2D eigenvalue weighted by molar-refractivity contribution is -0.250. The molecule has 3 N–H and O–H groups in total. The minimum Gasteiger partial charge on any atom is -0.380 e. The maximum absolute atomic E-state index is 12.4. The third-order valence-electron chi connectivity index (χ3n) is 3.10. The van der Waals surface area contributed by atoms with Crippen LogP contribution in [0.25, 0.3) is 0 Å². The third kappa shape index (κ3) is 5.61. The van der Waals surface area contributed by atoms with Crippen LogP contribution in [0.1, 0.15) is 12.5 Å². The predicted octanol–water partition coefficient (Wildman–Crippen LogP) is 1.83. The lowest BCUT2D eigenvalue weighted by Crippen LogP contribution is -2.50. The molecule has 0 aliphatic carbocycles. The Morgan fingerprint density at radius 2 is 1.87 bits per heavy atom. The summed E-state index contributed by atoms with van der Waals surface area (Å²) < 4.78 is 63.7. The molecule has 1 atom stereocenters. The normalized spacial score (nSPS) is 15.4. The van der Waals surface area contributed by atoms with E-state index in [1.807, 2.05) is 0 Å². The van der Waals surface area contributed by atoms with E-state index in [-0.39, 0.29) is 18.0 Å². The van der Waals surface area contributed by atoms with E-state index in [2.05, 4.69) is 10.0 Å². The maximum Gasteiger partial charge on any atom is 0.418 e. The van der Waals surface area contributed by atoms with Crippen LogP contribution in [-0.4, -0.2) is 44.9 Å². The second-order valence-electron chi connectivity index (χ2n) is 5.26. The highest BCUT2D eigenvalue weighted by atomic mass is 35.5. The van der Waals surface area contributed by atoms with Crippen LogP contribution in [0.3, 0.4) is 0 Å². The van der Waals surface area contributed by atoms with E-state index in [1.54, 1.807) is 6.92 Å². The Morgan fingerprint density at radius 1 is 1.26 bits per heavy atom. The van der Waals surface area contributed by atoms with Crippen LogP contribution in [0.5, 0.6) is 0 Å². The van der Waals surface area contributed by atoms with Crippen LogP contribution in [0.15, 0.2) is 23.1 Å². The molecule has 5 nitrogen and oxygen atoms in total. The number of benzene rings is 1. The lowest BCUT2D eigenvalue weighted by atomic mass is 10.1. The highest BCUT2D eigenvalue weighted by Crippen LogP contribution is 2.29. The quantitative estimate of drug-likeness (QED) is 0.636. The summed E-state index contributed by atoms with van der Waals surface area (Å²) in [5.74, 6) is 0. The zero-order chi connectivity index (χ0) is 17.9. The van der Waals surface area contributed by atoms with Crippen molar-refractivity contribution in [3.05, 3.63) is 28.8 Å². The van der Waals surface area contributed by atoms with Gasteiger partial charge in [-0.1, -0.05) is 11.6 Å². The first-order valence-electron chi connectivity index (χ1n) is 6.62. The number of aryl methyl sites for hydroxylation is 1. The smallest absolute Gasteiger partial charge is 0.380 e. The number of halogens is 4. The number of sulfonamides is 1. The van der Waals surface area contributed by atoms with Crippen molar-refractivity contribution in [2.45, 2.75) is 30.5 Å². The number of hydrogen-bond donors (Lipinski definition) is 3. The molecule has 23 heavy (non-hydrogen) atoms. The van der Waals surface area contributed by atoms with Gasteiger partial charge >= 0.3 is 6.18 Å². The van der Waals surface area contributed by atoms with Crippen molar-refractivity contribution in [1.29, 1.82) is 0 Å². The van der Waals surface area contributed by atoms with Gasteiger partial charge < -0.3 is 10.4 Å². The first kappa shape index (κ1) is 20.2. The number of alkyl halides is 3. The van der Waals surface area contributed by atoms with Crippen molar-refractivity contribution in [3.63, 3.8) is 0 Å². The first-order valence-corrected chi connectivity index (χ1v) is 8.48. The van der Waals surface area contributed by atoms with Crippen molar-refractivity contribution in [3.8, 4) is 0 Å². The standard InChI is InChI=1S/C13H18ClF3N2O3S/c1-9-7-10(14)3-4-11(9)23(21,22)19-6-5-18-8-12(2,20)13(15,16)17/h3-4,7,18-20H,5-6,8H2,1-2H3. The SMILES string of the molecule is Cc1cc(Cl)ccc1S(=O)(=O)NCCNCC(C)(O)C(F)(F)F. The molecule has 1 unspecified atom stereocenters. The van der Waals surface area contributed by atoms with E-state index < -0.39 is 28.3 Å². The molecule has 0 bridgehead atoms. The molecule has 1 rings (SSSR count). The molecule has 1 aromatic rings. The van der Waals surface area contributed by atoms with Crippen LogP contribution < -0.4 is 10.0 Å². The zero-order valence-electron chi connectivity index (χ0n) is 12.5. The molecule has 1 aromatic carbocycles. The minimum atomic E-state index is -4.76. The summed E-state index contributed by atoms with van der Waals surface area (Å²) in [6.45, 7) is 1.29. The summed E-state index contributed by atoms with van der Waals surface area (Å²) in [6.07, 6.45) is -4.76. The Morgan fingerprint density at radius 3 is 2.39 bits per heavy atom. The summed E-state index contributed by atoms with van der Waals surface area (Å²) in [5, 5.41) is 12.0. The van der Waals surface area contributed by atoms with E-state index in [0.29, 0.717) is 17.5 Å². The van der Waals surface area contributed by atoms with E-state index in [0.717, 1.165) is 0 Å². The van der Waals surface area contributed by atoms with Crippen LogP contribution in [0, 0.1) is 6.92 Å². The zero-order valence-corrected chi connectivity index (χ0v) is 14.1. The Labute approximate surface area is 137 Å². The van der Waals surface area contributed by atoms with E-state index >= 15 is 0 Å². The van der Waals surface area contributed by atoms with Gasteiger partial charge in [0.25, 0.3) is 0 Å². The molecule has 10 heteroatoms. The largest absolute Gasteiger partial charge is 0.418 e. The van der Waals surface area contributed by atoms with Gasteiger partial charge in [0, 0.05) is 24.7 Å². The Balaban J connectivity index is 2.52. The maximum atomic E-state index is 12.4. The fourth-order valence-corrected chi connectivity index (χ4v) is 3.18. The highest BCUT2D eigenvalue weighted by molar-refractivity contribution is 7.89. The van der Waals surface area contributed by atoms with E-state index in [1.165, 1.54) is 18.2 Å². The van der Waals surface area contributed by atoms with Gasteiger partial charge in [0.1, 0.15) is 0 Å². The molecule has 0 saturated heterocycles. The topological polar surface area (TPSA) is 78.4 Å². The summed E-state index contributed by atoms with van der Waals surface area (Å²) in [6, 6.07) is 4.28. The summed E-state index contributed by atoms with van der Waals surface area (Å²) >= 11 is 5.75. The number of rotatable bonds is 7. The molecule has 0 heterocycles. The van der Waals surface area contributed by atoms with Crippen molar-refractivity contribution >= 4 is 21.6 Å². The van der Waals surface area contributed by atoms with Crippen molar-refractivity contribution in [1.82, 2.24) is 10.0 Å². The molecule has 0 aliphatic rings. The van der Waals surface area contributed by atoms with Gasteiger partial charge in [0.2, 0.25) is 10.0 Å². The van der Waals surface area contributed by atoms with Gasteiger partial charge in [-0.15, -0.1) is 0 Å². The average molecular weight is 375 g/mol. The predicted molar refractivity (Wildman–Crippen MR) is 80.9 cm³/mol. The highest BCUT2D eigenvalue weighted by Gasteiger charge is 2.49. The summed E-state index contributed by atoms with van der Waals surface area (Å²) in [5.41, 5.74) is -2.42. The Kier molecular flexibility index (Phi) is 6.45. The molecule has 0 radical (unpaired) electrons. The molecular formula is C13H18ClF3N2O3S. The second kappa shape index (κ2) is 7.35. The van der Waals surface area contributed by atoms with Gasteiger partial charge in [-0.2, -0.15) is 13.2 Å². The lowest BCUT2D eigenvalue weighted by Gasteiger charge is -2.26. The summed E-state index contributed by atoms with van der Waals surface area (Å²) in [7, 11) is -3.79. The van der Waals surface area contributed by atoms with Crippen molar-refractivity contribution < 1.29 is 26.7 Å². The number of aliphatic hydroxyl groups is 1. The number of hydrogen-bond acceptors (Lipinski definition) is 4. The van der Waals surface area contributed by atoms with Gasteiger partial charge in [-0.05, 0) is 37.6 Å². The van der Waals surface area contributed by atoms with Crippen LogP contribution in [-0.2, 0) is 10.0 Å². The average Bonchev–Trinajstić information content (AvgIpc) is 2.36. The molecule has 0 saturated carbocycles. The third-order valence-corrected chi connectivity index (χ3v) is 4.96. The molecule has 0 fully saturated rings. The Hall–Kier alpha value is -0.870. The van der Waals surface area contributed by atoms with Crippen molar-refractivity contribution in [2.24, 2.45) is 0 Å². The molecular weight excluding hydrogens is 357 g/mol. The fourth-order valence-electron chi connectivity index (χ4n) is 1.70. The van der Waals surface area contributed by atoms with E-state index in [4.69, 9.17) is 11.6 Å². The van der Waals surface area contributed by atoms with Gasteiger partial charge in [-0.25, -0.2) is 13.1 Å². The summed E-state index contributed by atoms with van der Waals surface area (Å²) in [4.78, 5) is 0.0455. The van der Waals surface area contributed by atoms with Crippen LogP contribution in [0.4, 0.5) is 13.2 Å². The molecule has 132 valence electrons. The first-order chi connectivity index (χ1) is 10.4. The second-order valence-corrected chi connectivity index (χ2v) is 7.43. The number of nitrogens with one attached hydrogen (secondary N) is 2. The van der Waals surface area contributed by atoms with Gasteiger partial charge in [0.05, 0.1) is 4.90 Å². The molecule has 0 aromatic heterocycles. The van der Waals surface area contributed by atoms with Crippen molar-refractivity contribution in [2.75, 3.05) is 19.6 Å². The van der Waals surface area contributed by atoms with Gasteiger partial charge in [0.15, 0.2) is 5.60 Å². The Bertz CT molecular complexity index is 648. The fraction of sp³-hybridized carbons (Fsp3) is 0.538. The molecule has 0 spiro atoms.